The second-order valence-electron chi connectivity index (χ2n) is 6.01. The van der Waals surface area contributed by atoms with Crippen molar-refractivity contribution in [3.05, 3.63) is 60.4 Å². The fourth-order valence-electron chi connectivity index (χ4n) is 2.97. The molecule has 0 radical (unpaired) electrons. The summed E-state index contributed by atoms with van der Waals surface area (Å²) in [5, 5.41) is 10.2. The summed E-state index contributed by atoms with van der Waals surface area (Å²) in [7, 11) is 0. The predicted octanol–water partition coefficient (Wildman–Crippen LogP) is 2.20. The zero-order chi connectivity index (χ0) is 17.2. The molecule has 6 heteroatoms. The van der Waals surface area contributed by atoms with Crippen molar-refractivity contribution in [2.24, 2.45) is 0 Å². The highest BCUT2D eigenvalue weighted by Crippen LogP contribution is 2.20. The molecule has 25 heavy (non-hydrogen) atoms. The molecular weight excluding hydrogens is 316 g/mol. The van der Waals surface area contributed by atoms with Crippen LogP contribution in [0.5, 0.6) is 5.88 Å². The Labute approximate surface area is 144 Å². The molecule has 3 aromatic rings. The van der Waals surface area contributed by atoms with E-state index in [1.807, 2.05) is 41.1 Å². The number of benzene rings is 1. The van der Waals surface area contributed by atoms with E-state index in [-0.39, 0.29) is 12.0 Å². The monoisotopic (exact) mass is 332 g/mol. The molecule has 0 saturated carbocycles. The lowest BCUT2D eigenvalue weighted by Gasteiger charge is -2.38. The van der Waals surface area contributed by atoms with Crippen LogP contribution in [0, 0.1) is 11.3 Å². The second kappa shape index (κ2) is 6.29. The van der Waals surface area contributed by atoms with E-state index in [0.717, 1.165) is 10.9 Å². The number of nitriles is 1. The van der Waals surface area contributed by atoms with Crippen molar-refractivity contribution >= 4 is 16.8 Å². The molecule has 0 bridgehead atoms. The molecule has 0 N–H and O–H groups in total. The van der Waals surface area contributed by atoms with Crippen molar-refractivity contribution in [2.75, 3.05) is 13.1 Å². The van der Waals surface area contributed by atoms with Gasteiger partial charge in [-0.05, 0) is 29.7 Å². The number of para-hydroxylation sites is 1. The van der Waals surface area contributed by atoms with Crippen molar-refractivity contribution in [1.29, 1.82) is 5.26 Å². The van der Waals surface area contributed by atoms with Crippen LogP contribution in [0.15, 0.2) is 54.9 Å². The van der Waals surface area contributed by atoms with Gasteiger partial charge in [0.05, 0.1) is 13.1 Å². The van der Waals surface area contributed by atoms with Crippen LogP contribution < -0.4 is 4.74 Å². The molecule has 2 aromatic heterocycles. The number of carbonyl (C=O) groups excluding carboxylic acids is 1. The number of fused-ring (bicyclic) bond motifs is 1. The highest BCUT2D eigenvalue weighted by atomic mass is 16.5. The van der Waals surface area contributed by atoms with Gasteiger partial charge < -0.3 is 14.2 Å². The average molecular weight is 332 g/mol. The van der Waals surface area contributed by atoms with Crippen LogP contribution in [-0.4, -0.2) is 39.6 Å². The first-order valence-electron chi connectivity index (χ1n) is 8.08. The van der Waals surface area contributed by atoms with Gasteiger partial charge in [-0.1, -0.05) is 18.2 Å². The quantitative estimate of drug-likeness (QED) is 0.734. The van der Waals surface area contributed by atoms with E-state index in [9.17, 15) is 4.79 Å². The van der Waals surface area contributed by atoms with Crippen molar-refractivity contribution in [2.45, 2.75) is 12.6 Å². The van der Waals surface area contributed by atoms with Gasteiger partial charge in [0.15, 0.2) is 0 Å². The van der Waals surface area contributed by atoms with Gasteiger partial charge in [-0.25, -0.2) is 4.98 Å². The number of hydrogen-bond acceptors (Lipinski definition) is 4. The van der Waals surface area contributed by atoms with Gasteiger partial charge in [0.2, 0.25) is 11.8 Å². The lowest BCUT2D eigenvalue weighted by Crippen LogP contribution is -2.57. The maximum absolute atomic E-state index is 12.4. The molecule has 0 unspecified atom stereocenters. The summed E-state index contributed by atoms with van der Waals surface area (Å²) in [4.78, 5) is 18.3. The fourth-order valence-corrected chi connectivity index (χ4v) is 2.97. The van der Waals surface area contributed by atoms with Gasteiger partial charge in [0.25, 0.3) is 0 Å². The molecule has 124 valence electrons. The average Bonchev–Trinajstić information content (AvgIpc) is 3.01. The molecule has 0 atom stereocenters. The molecule has 0 spiro atoms. The van der Waals surface area contributed by atoms with E-state index >= 15 is 0 Å². The minimum absolute atomic E-state index is 0.0581. The van der Waals surface area contributed by atoms with E-state index in [1.165, 1.54) is 0 Å². The van der Waals surface area contributed by atoms with Crippen molar-refractivity contribution in [3.63, 3.8) is 0 Å². The van der Waals surface area contributed by atoms with E-state index in [0.29, 0.717) is 31.1 Å². The van der Waals surface area contributed by atoms with Gasteiger partial charge >= 0.3 is 0 Å². The van der Waals surface area contributed by atoms with Gasteiger partial charge in [0.1, 0.15) is 24.3 Å². The number of hydrogen-bond donors (Lipinski definition) is 0. The van der Waals surface area contributed by atoms with Crippen LogP contribution in [-0.2, 0) is 11.3 Å². The molecule has 1 fully saturated rings. The Hall–Kier alpha value is -3.33. The molecule has 0 aliphatic carbocycles. The lowest BCUT2D eigenvalue weighted by molar-refractivity contribution is -0.140. The van der Waals surface area contributed by atoms with Crippen molar-refractivity contribution in [3.8, 4) is 11.9 Å². The van der Waals surface area contributed by atoms with E-state index in [2.05, 4.69) is 11.1 Å². The molecule has 4 rings (SSSR count). The standard InChI is InChI=1S/C19H16N4O2/c20-10-15-5-3-8-21-19(15)25-16-11-23(12-16)18(24)13-22-9-7-14-4-1-2-6-17(14)22/h1-9,16H,11-13H2. The maximum Gasteiger partial charge on any atom is 0.242 e. The Morgan fingerprint density at radius 3 is 2.92 bits per heavy atom. The topological polar surface area (TPSA) is 71.2 Å². The van der Waals surface area contributed by atoms with Crippen LogP contribution >= 0.6 is 0 Å². The first-order chi connectivity index (χ1) is 12.2. The summed E-state index contributed by atoms with van der Waals surface area (Å²) >= 11 is 0. The highest BCUT2D eigenvalue weighted by Gasteiger charge is 2.33. The zero-order valence-electron chi connectivity index (χ0n) is 13.5. The predicted molar refractivity (Wildman–Crippen MR) is 91.9 cm³/mol. The zero-order valence-corrected chi connectivity index (χ0v) is 13.5. The number of rotatable bonds is 4. The number of ether oxygens (including phenoxy) is 1. The van der Waals surface area contributed by atoms with Crippen LogP contribution in [0.4, 0.5) is 0 Å². The van der Waals surface area contributed by atoms with Crippen LogP contribution in [0.2, 0.25) is 0 Å². The summed E-state index contributed by atoms with van der Waals surface area (Å²) in [6.45, 7) is 1.34. The number of aromatic nitrogens is 2. The minimum Gasteiger partial charge on any atom is -0.470 e. The molecule has 1 amide bonds. The first-order valence-corrected chi connectivity index (χ1v) is 8.08. The van der Waals surface area contributed by atoms with Crippen LogP contribution in [0.25, 0.3) is 10.9 Å². The van der Waals surface area contributed by atoms with Gasteiger partial charge in [-0.3, -0.25) is 4.79 Å². The van der Waals surface area contributed by atoms with Crippen molar-refractivity contribution in [1.82, 2.24) is 14.5 Å². The SMILES string of the molecule is N#Cc1cccnc1OC1CN(C(=O)Cn2ccc3ccccc32)C1. The summed E-state index contributed by atoms with van der Waals surface area (Å²) in [6, 6.07) is 15.4. The summed E-state index contributed by atoms with van der Waals surface area (Å²) < 4.78 is 7.68. The smallest absolute Gasteiger partial charge is 0.242 e. The van der Waals surface area contributed by atoms with Gasteiger partial charge in [0, 0.05) is 17.9 Å². The summed E-state index contributed by atoms with van der Waals surface area (Å²) in [6.07, 6.45) is 3.41. The van der Waals surface area contributed by atoms with Gasteiger partial charge in [-0.15, -0.1) is 0 Å². The van der Waals surface area contributed by atoms with E-state index in [4.69, 9.17) is 10.00 Å². The Morgan fingerprint density at radius 1 is 1.24 bits per heavy atom. The molecule has 1 saturated heterocycles. The largest absolute Gasteiger partial charge is 0.470 e. The number of pyridine rings is 1. The normalized spacial score (nSPS) is 14.1. The van der Waals surface area contributed by atoms with E-state index < -0.39 is 0 Å². The molecule has 6 nitrogen and oxygen atoms in total. The van der Waals surface area contributed by atoms with Gasteiger partial charge in [-0.2, -0.15) is 5.26 Å². The third-order valence-electron chi connectivity index (χ3n) is 4.36. The Morgan fingerprint density at radius 2 is 2.08 bits per heavy atom. The molecule has 1 aliphatic heterocycles. The third kappa shape index (κ3) is 2.92. The molecule has 1 aromatic carbocycles. The highest BCUT2D eigenvalue weighted by molar-refractivity contribution is 5.83. The molecule has 1 aliphatic rings. The Bertz CT molecular complexity index is 967. The number of likely N-dealkylation sites (tertiary alicyclic amines) is 1. The fraction of sp³-hybridized carbons (Fsp3) is 0.211. The first kappa shape index (κ1) is 15.2. The minimum atomic E-state index is -0.118. The van der Waals surface area contributed by atoms with Crippen LogP contribution in [0.3, 0.4) is 0 Å². The summed E-state index contributed by atoms with van der Waals surface area (Å²) in [5.74, 6) is 0.390. The summed E-state index contributed by atoms with van der Waals surface area (Å²) in [5.41, 5.74) is 1.46. The number of nitrogens with zero attached hydrogens (tertiary/aromatic N) is 4. The van der Waals surface area contributed by atoms with Crippen LogP contribution in [0.1, 0.15) is 5.56 Å². The lowest BCUT2D eigenvalue weighted by atomic mass is 10.1. The Kier molecular flexibility index (Phi) is 3.82. The third-order valence-corrected chi connectivity index (χ3v) is 4.36. The maximum atomic E-state index is 12.4. The second-order valence-corrected chi connectivity index (χ2v) is 6.01. The number of amides is 1. The number of carbonyl (C=O) groups is 1. The van der Waals surface area contributed by atoms with E-state index in [1.54, 1.807) is 23.2 Å². The van der Waals surface area contributed by atoms with Crippen molar-refractivity contribution < 1.29 is 9.53 Å². The molecular formula is C19H16N4O2. The Balaban J connectivity index is 1.36. The molecule has 3 heterocycles.